The van der Waals surface area contributed by atoms with Crippen LogP contribution in [0.25, 0.3) is 6.08 Å². The van der Waals surface area contributed by atoms with Gasteiger partial charge in [0.2, 0.25) is 0 Å². The second kappa shape index (κ2) is 5.57. The van der Waals surface area contributed by atoms with Crippen molar-refractivity contribution in [1.29, 1.82) is 0 Å². The second-order valence-electron chi connectivity index (χ2n) is 5.26. The van der Waals surface area contributed by atoms with Crippen LogP contribution in [-0.4, -0.2) is 30.0 Å². The molecular formula is C14H18O4S. The summed E-state index contributed by atoms with van der Waals surface area (Å²) in [6, 6.07) is 8.80. The molecule has 0 bridgehead atoms. The van der Waals surface area contributed by atoms with E-state index < -0.39 is 26.3 Å². The molecule has 0 saturated heterocycles. The number of hydrogen-bond donors (Lipinski definition) is 1. The lowest BCUT2D eigenvalue weighted by Gasteiger charge is -2.19. The van der Waals surface area contributed by atoms with E-state index in [9.17, 15) is 13.2 Å². The Bertz CT molecular complexity index is 578. The van der Waals surface area contributed by atoms with Gasteiger partial charge in [-0.2, -0.15) is 0 Å². The summed E-state index contributed by atoms with van der Waals surface area (Å²) in [7, 11) is -3.51. The fraction of sp³-hybridized carbons (Fsp3) is 0.357. The van der Waals surface area contributed by atoms with Crippen LogP contribution < -0.4 is 0 Å². The Labute approximate surface area is 113 Å². The molecule has 0 spiro atoms. The van der Waals surface area contributed by atoms with Crippen molar-refractivity contribution < 1.29 is 18.3 Å². The summed E-state index contributed by atoms with van der Waals surface area (Å²) in [6.45, 7) is 4.68. The van der Waals surface area contributed by atoms with Crippen LogP contribution in [0.15, 0.2) is 35.9 Å². The molecule has 0 aliphatic rings. The van der Waals surface area contributed by atoms with Crippen LogP contribution in [-0.2, 0) is 14.6 Å². The summed E-state index contributed by atoms with van der Waals surface area (Å²) in [5.74, 6) is -1.68. The largest absolute Gasteiger partial charge is 0.478 e. The zero-order chi connectivity index (χ0) is 14.7. The minimum atomic E-state index is -3.51. The van der Waals surface area contributed by atoms with Gasteiger partial charge in [0, 0.05) is 0 Å². The first kappa shape index (κ1) is 15.4. The van der Waals surface area contributed by atoms with Gasteiger partial charge < -0.3 is 5.11 Å². The van der Waals surface area contributed by atoms with Crippen molar-refractivity contribution in [1.82, 2.24) is 0 Å². The molecule has 104 valence electrons. The molecule has 0 unspecified atom stereocenters. The van der Waals surface area contributed by atoms with Crippen LogP contribution in [0.2, 0.25) is 0 Å². The molecule has 0 atom stereocenters. The molecule has 1 aromatic carbocycles. The van der Waals surface area contributed by atoms with Crippen LogP contribution in [0, 0.1) is 0 Å². The van der Waals surface area contributed by atoms with Gasteiger partial charge in [-0.25, -0.2) is 13.2 Å². The number of aliphatic carboxylic acids is 1. The maximum atomic E-state index is 12.1. The fourth-order valence-electron chi connectivity index (χ4n) is 1.34. The average Bonchev–Trinajstić information content (AvgIpc) is 2.27. The van der Waals surface area contributed by atoms with Gasteiger partial charge in [-0.3, -0.25) is 0 Å². The predicted molar refractivity (Wildman–Crippen MR) is 75.6 cm³/mol. The number of carboxylic acid groups (broad SMARTS) is 1. The van der Waals surface area contributed by atoms with Crippen molar-refractivity contribution in [2.24, 2.45) is 0 Å². The maximum absolute atomic E-state index is 12.1. The number of benzene rings is 1. The second-order valence-corrected chi connectivity index (χ2v) is 8.00. The molecule has 4 nitrogen and oxygen atoms in total. The maximum Gasteiger partial charge on any atom is 0.332 e. The number of hydrogen-bond acceptors (Lipinski definition) is 3. The van der Waals surface area contributed by atoms with Crippen molar-refractivity contribution in [2.45, 2.75) is 25.5 Å². The molecule has 0 saturated carbocycles. The normalized spacial score (nSPS) is 13.3. The molecule has 0 aliphatic heterocycles. The molecule has 19 heavy (non-hydrogen) atoms. The molecule has 0 aliphatic carbocycles. The Morgan fingerprint density at radius 2 is 1.74 bits per heavy atom. The van der Waals surface area contributed by atoms with E-state index in [1.54, 1.807) is 45.0 Å². The summed E-state index contributed by atoms with van der Waals surface area (Å²) in [6.07, 6.45) is 1.39. The monoisotopic (exact) mass is 282 g/mol. The van der Waals surface area contributed by atoms with E-state index in [-0.39, 0.29) is 5.57 Å². The van der Waals surface area contributed by atoms with Crippen molar-refractivity contribution in [3.63, 3.8) is 0 Å². The van der Waals surface area contributed by atoms with E-state index in [0.29, 0.717) is 5.56 Å². The molecule has 0 fully saturated rings. The Kier molecular flexibility index (Phi) is 4.52. The third-order valence-corrected chi connectivity index (χ3v) is 5.25. The first-order valence-electron chi connectivity index (χ1n) is 5.85. The summed E-state index contributed by atoms with van der Waals surface area (Å²) in [5.41, 5.74) is 0.546. The van der Waals surface area contributed by atoms with Gasteiger partial charge in [0.1, 0.15) is 0 Å². The standard InChI is InChI=1S/C14H18O4S/c1-14(2,3)19(17,18)10-12(13(15)16)9-11-7-5-4-6-8-11/h4-9H,10H2,1-3H3,(H,15,16)/b12-9+. The number of carbonyl (C=O) groups is 1. The molecule has 1 N–H and O–H groups in total. The topological polar surface area (TPSA) is 71.4 Å². The van der Waals surface area contributed by atoms with Gasteiger partial charge in [-0.1, -0.05) is 30.3 Å². The highest BCUT2D eigenvalue weighted by atomic mass is 32.2. The third-order valence-electron chi connectivity index (χ3n) is 2.69. The van der Waals surface area contributed by atoms with Crippen molar-refractivity contribution in [3.8, 4) is 0 Å². The molecule has 1 aromatic rings. The quantitative estimate of drug-likeness (QED) is 0.861. The Morgan fingerprint density at radius 3 is 2.16 bits per heavy atom. The SMILES string of the molecule is CC(C)(C)S(=O)(=O)C/C(=C\c1ccccc1)C(=O)O. The van der Waals surface area contributed by atoms with E-state index in [4.69, 9.17) is 5.11 Å². The van der Waals surface area contributed by atoms with Crippen LogP contribution in [0.5, 0.6) is 0 Å². The minimum Gasteiger partial charge on any atom is -0.478 e. The summed E-state index contributed by atoms with van der Waals surface area (Å²) >= 11 is 0. The van der Waals surface area contributed by atoms with Crippen molar-refractivity contribution in [3.05, 3.63) is 41.5 Å². The van der Waals surface area contributed by atoms with Gasteiger partial charge in [0.05, 0.1) is 16.1 Å². The van der Waals surface area contributed by atoms with E-state index in [1.807, 2.05) is 6.07 Å². The predicted octanol–water partition coefficient (Wildman–Crippen LogP) is 2.37. The zero-order valence-corrected chi connectivity index (χ0v) is 12.1. The van der Waals surface area contributed by atoms with Gasteiger partial charge in [-0.05, 0) is 32.4 Å². The highest BCUT2D eigenvalue weighted by Crippen LogP contribution is 2.20. The fourth-order valence-corrected chi connectivity index (χ4v) is 2.39. The van der Waals surface area contributed by atoms with Gasteiger partial charge in [-0.15, -0.1) is 0 Å². The summed E-state index contributed by atoms with van der Waals surface area (Å²) in [5, 5.41) is 9.13. The average molecular weight is 282 g/mol. The number of carboxylic acids is 1. The number of rotatable bonds is 4. The first-order chi connectivity index (χ1) is 8.63. The smallest absolute Gasteiger partial charge is 0.332 e. The molecular weight excluding hydrogens is 264 g/mol. The lowest BCUT2D eigenvalue weighted by atomic mass is 10.1. The molecule has 0 amide bonds. The van der Waals surface area contributed by atoms with E-state index in [2.05, 4.69) is 0 Å². The van der Waals surface area contributed by atoms with Gasteiger partial charge in [0.15, 0.2) is 9.84 Å². The first-order valence-corrected chi connectivity index (χ1v) is 7.50. The van der Waals surface area contributed by atoms with E-state index in [1.165, 1.54) is 6.08 Å². The highest BCUT2D eigenvalue weighted by Gasteiger charge is 2.31. The summed E-state index contributed by atoms with van der Waals surface area (Å²) < 4.78 is 23.1. The van der Waals surface area contributed by atoms with Crippen molar-refractivity contribution in [2.75, 3.05) is 5.75 Å². The van der Waals surface area contributed by atoms with E-state index in [0.717, 1.165) is 0 Å². The minimum absolute atomic E-state index is 0.124. The molecule has 0 radical (unpaired) electrons. The van der Waals surface area contributed by atoms with Crippen LogP contribution in [0.3, 0.4) is 0 Å². The van der Waals surface area contributed by atoms with Gasteiger partial charge >= 0.3 is 5.97 Å². The van der Waals surface area contributed by atoms with Crippen molar-refractivity contribution >= 4 is 21.9 Å². The Hall–Kier alpha value is -1.62. The zero-order valence-electron chi connectivity index (χ0n) is 11.3. The lowest BCUT2D eigenvalue weighted by molar-refractivity contribution is -0.132. The number of sulfone groups is 1. The highest BCUT2D eigenvalue weighted by molar-refractivity contribution is 7.92. The van der Waals surface area contributed by atoms with E-state index >= 15 is 0 Å². The molecule has 1 rings (SSSR count). The molecule has 0 heterocycles. The molecule has 0 aromatic heterocycles. The van der Waals surface area contributed by atoms with Crippen LogP contribution >= 0.6 is 0 Å². The Morgan fingerprint density at radius 1 is 1.21 bits per heavy atom. The van der Waals surface area contributed by atoms with Crippen LogP contribution in [0.1, 0.15) is 26.3 Å². The lowest BCUT2D eigenvalue weighted by Crippen LogP contribution is -2.32. The summed E-state index contributed by atoms with van der Waals surface area (Å²) in [4.78, 5) is 11.2. The Balaban J connectivity index is 3.12. The van der Waals surface area contributed by atoms with Gasteiger partial charge in [0.25, 0.3) is 0 Å². The third kappa shape index (κ3) is 4.21. The van der Waals surface area contributed by atoms with Crippen LogP contribution in [0.4, 0.5) is 0 Å². The molecule has 5 heteroatoms.